The van der Waals surface area contributed by atoms with E-state index in [-0.39, 0.29) is 11.1 Å². The maximum Gasteiger partial charge on any atom is 0.339 e. The summed E-state index contributed by atoms with van der Waals surface area (Å²) in [5.41, 5.74) is 0.309. The average molecular weight is 394 g/mol. The molecule has 1 N–H and O–H groups in total. The first-order chi connectivity index (χ1) is 14.0. The number of amides is 2. The van der Waals surface area contributed by atoms with Crippen molar-refractivity contribution in [3.63, 3.8) is 0 Å². The van der Waals surface area contributed by atoms with Gasteiger partial charge < -0.3 is 9.84 Å². The van der Waals surface area contributed by atoms with E-state index in [1.54, 1.807) is 47.6 Å². The van der Waals surface area contributed by atoms with Crippen LogP contribution in [0.4, 0.5) is 0 Å². The van der Waals surface area contributed by atoms with Crippen LogP contribution < -0.4 is 4.74 Å². The fourth-order valence-electron chi connectivity index (χ4n) is 2.71. The summed E-state index contributed by atoms with van der Waals surface area (Å²) in [4.78, 5) is 49.4. The van der Waals surface area contributed by atoms with E-state index in [2.05, 4.69) is 9.97 Å². The van der Waals surface area contributed by atoms with E-state index < -0.39 is 30.5 Å². The Hall–Kier alpha value is -4.05. The fraction of sp³-hybridized carbons (Fsp3) is 0.105. The minimum absolute atomic E-state index is 0.154. The zero-order valence-electron chi connectivity index (χ0n) is 14.8. The van der Waals surface area contributed by atoms with Crippen molar-refractivity contribution in [3.8, 4) is 11.6 Å². The smallest absolute Gasteiger partial charge is 0.339 e. The first-order valence-corrected chi connectivity index (χ1v) is 8.49. The van der Waals surface area contributed by atoms with Crippen LogP contribution in [0.5, 0.6) is 5.75 Å². The number of imide groups is 1. The maximum atomic E-state index is 12.3. The Labute approximate surface area is 163 Å². The third-order valence-corrected chi connectivity index (χ3v) is 4.16. The second kappa shape index (κ2) is 7.52. The van der Waals surface area contributed by atoms with Crippen LogP contribution in [0.1, 0.15) is 20.7 Å². The lowest BCUT2D eigenvalue weighted by Gasteiger charge is -2.19. The number of nitrogens with zero attached hydrogens (tertiary/aromatic N) is 4. The number of fused-ring (bicyclic) bond motifs is 1. The Balaban J connectivity index is 1.42. The number of carboxylic acids is 1. The van der Waals surface area contributed by atoms with Crippen LogP contribution >= 0.6 is 0 Å². The number of aliphatic carboxylic acids is 1. The Bertz CT molecular complexity index is 1030. The van der Waals surface area contributed by atoms with E-state index in [4.69, 9.17) is 9.57 Å². The standard InChI is InChI=1S/C19H14N4O6/c24-17-13-3-1-2-4-14(13)18(25)23(17)29-15(19(26)27)10-28-12-5-6-16(21-9-12)22-8-7-20-11-22/h1-9,11,15H,10H2,(H,26,27)/t15-/m0/s1. The molecule has 29 heavy (non-hydrogen) atoms. The predicted molar refractivity (Wildman–Crippen MR) is 96.3 cm³/mol. The van der Waals surface area contributed by atoms with Gasteiger partial charge in [-0.05, 0) is 24.3 Å². The van der Waals surface area contributed by atoms with Crippen molar-refractivity contribution in [2.24, 2.45) is 0 Å². The predicted octanol–water partition coefficient (Wildman–Crippen LogP) is 1.33. The summed E-state index contributed by atoms with van der Waals surface area (Å²) in [6.45, 7) is -0.436. The van der Waals surface area contributed by atoms with Gasteiger partial charge in [0.2, 0.25) is 6.10 Å². The van der Waals surface area contributed by atoms with Gasteiger partial charge in [-0.25, -0.2) is 19.6 Å². The van der Waals surface area contributed by atoms with Gasteiger partial charge in [-0.15, -0.1) is 5.06 Å². The highest BCUT2D eigenvalue weighted by Crippen LogP contribution is 2.23. The van der Waals surface area contributed by atoms with Gasteiger partial charge in [-0.2, -0.15) is 0 Å². The molecule has 2 aromatic heterocycles. The highest BCUT2D eigenvalue weighted by atomic mass is 16.7. The molecule has 10 heteroatoms. The normalized spacial score (nSPS) is 14.0. The fourth-order valence-corrected chi connectivity index (χ4v) is 2.71. The van der Waals surface area contributed by atoms with Crippen molar-refractivity contribution in [3.05, 3.63) is 72.4 Å². The topological polar surface area (TPSA) is 124 Å². The summed E-state index contributed by atoms with van der Waals surface area (Å²) in [5, 5.41) is 9.84. The van der Waals surface area contributed by atoms with Crippen molar-refractivity contribution >= 4 is 17.8 Å². The van der Waals surface area contributed by atoms with E-state index in [1.165, 1.54) is 18.3 Å². The Morgan fingerprint density at radius 2 is 1.83 bits per heavy atom. The first-order valence-electron chi connectivity index (χ1n) is 8.49. The number of hydroxylamine groups is 2. The molecule has 1 aromatic carbocycles. The van der Waals surface area contributed by atoms with Crippen molar-refractivity contribution in [2.75, 3.05) is 6.61 Å². The number of imidazole rings is 1. The molecule has 1 aliphatic heterocycles. The molecule has 146 valence electrons. The van der Waals surface area contributed by atoms with Crippen molar-refractivity contribution < 1.29 is 29.1 Å². The minimum Gasteiger partial charge on any atom is -0.489 e. The average Bonchev–Trinajstić information content (AvgIpc) is 3.35. The number of rotatable bonds is 7. The molecule has 0 bridgehead atoms. The van der Waals surface area contributed by atoms with E-state index in [9.17, 15) is 19.5 Å². The number of benzene rings is 1. The molecule has 0 spiro atoms. The van der Waals surface area contributed by atoms with Gasteiger partial charge in [0.25, 0.3) is 11.8 Å². The van der Waals surface area contributed by atoms with Crippen LogP contribution in [0.3, 0.4) is 0 Å². The summed E-state index contributed by atoms with van der Waals surface area (Å²) in [6, 6.07) is 9.41. The third-order valence-electron chi connectivity index (χ3n) is 4.16. The molecule has 10 nitrogen and oxygen atoms in total. The van der Waals surface area contributed by atoms with Crippen LogP contribution in [-0.2, 0) is 9.63 Å². The lowest BCUT2D eigenvalue weighted by atomic mass is 10.1. The SMILES string of the molecule is O=C(O)[C@H](COc1ccc(-n2ccnc2)nc1)ON1C(=O)c2ccccc2C1=O. The Kier molecular flexibility index (Phi) is 4.75. The molecule has 3 heterocycles. The van der Waals surface area contributed by atoms with Gasteiger partial charge in [0.05, 0.1) is 17.3 Å². The molecule has 1 aliphatic rings. The molecule has 0 radical (unpaired) electrons. The van der Waals surface area contributed by atoms with Crippen molar-refractivity contribution in [1.82, 2.24) is 19.6 Å². The van der Waals surface area contributed by atoms with Crippen LogP contribution in [0, 0.1) is 0 Å². The van der Waals surface area contributed by atoms with E-state index >= 15 is 0 Å². The lowest BCUT2D eigenvalue weighted by molar-refractivity contribution is -0.178. The lowest BCUT2D eigenvalue weighted by Crippen LogP contribution is -2.41. The quantitative estimate of drug-likeness (QED) is 0.595. The Morgan fingerprint density at radius 3 is 2.38 bits per heavy atom. The Morgan fingerprint density at radius 1 is 1.10 bits per heavy atom. The zero-order valence-corrected chi connectivity index (χ0v) is 14.8. The number of aromatic nitrogens is 3. The van der Waals surface area contributed by atoms with Gasteiger partial charge in [0.1, 0.15) is 24.5 Å². The van der Waals surface area contributed by atoms with Gasteiger partial charge in [-0.1, -0.05) is 12.1 Å². The van der Waals surface area contributed by atoms with E-state index in [1.807, 2.05) is 0 Å². The molecule has 0 saturated carbocycles. The molecule has 0 fully saturated rings. The van der Waals surface area contributed by atoms with Gasteiger partial charge in [0, 0.05) is 12.4 Å². The molecule has 2 amide bonds. The number of carboxylic acid groups (broad SMARTS) is 1. The van der Waals surface area contributed by atoms with E-state index in [0.717, 1.165) is 0 Å². The molecule has 0 unspecified atom stereocenters. The molecule has 4 rings (SSSR count). The molecular formula is C19H14N4O6. The molecular weight excluding hydrogens is 380 g/mol. The minimum atomic E-state index is -1.58. The summed E-state index contributed by atoms with van der Waals surface area (Å²) >= 11 is 0. The number of carbonyl (C=O) groups is 3. The zero-order chi connectivity index (χ0) is 20.4. The number of ether oxygens (including phenoxy) is 1. The van der Waals surface area contributed by atoms with Gasteiger partial charge >= 0.3 is 5.97 Å². The molecule has 0 aliphatic carbocycles. The van der Waals surface area contributed by atoms with Crippen LogP contribution in [-0.4, -0.2) is 55.2 Å². The van der Waals surface area contributed by atoms with Gasteiger partial charge in [-0.3, -0.25) is 14.2 Å². The highest BCUT2D eigenvalue weighted by Gasteiger charge is 2.39. The summed E-state index contributed by atoms with van der Waals surface area (Å²) in [5.74, 6) is -1.92. The monoisotopic (exact) mass is 394 g/mol. The highest BCUT2D eigenvalue weighted by molar-refractivity contribution is 6.20. The third kappa shape index (κ3) is 3.56. The molecule has 3 aromatic rings. The summed E-state index contributed by atoms with van der Waals surface area (Å²) < 4.78 is 7.11. The largest absolute Gasteiger partial charge is 0.489 e. The second-order valence-electron chi connectivity index (χ2n) is 6.02. The van der Waals surface area contributed by atoms with Crippen LogP contribution in [0.25, 0.3) is 5.82 Å². The molecule has 1 atom stereocenters. The number of hydrogen-bond acceptors (Lipinski definition) is 7. The van der Waals surface area contributed by atoms with Gasteiger partial charge in [0.15, 0.2) is 0 Å². The van der Waals surface area contributed by atoms with Crippen molar-refractivity contribution in [2.45, 2.75) is 6.10 Å². The van der Waals surface area contributed by atoms with E-state index in [0.29, 0.717) is 16.6 Å². The maximum absolute atomic E-state index is 12.3. The number of pyridine rings is 1. The molecule has 0 saturated heterocycles. The number of hydrogen-bond donors (Lipinski definition) is 1. The first kappa shape index (κ1) is 18.3. The van der Waals surface area contributed by atoms with Crippen LogP contribution in [0.2, 0.25) is 0 Å². The second-order valence-corrected chi connectivity index (χ2v) is 6.02. The van der Waals surface area contributed by atoms with Crippen molar-refractivity contribution in [1.29, 1.82) is 0 Å². The summed E-state index contributed by atoms with van der Waals surface area (Å²) in [7, 11) is 0. The van der Waals surface area contributed by atoms with Crippen LogP contribution in [0.15, 0.2) is 61.3 Å². The summed E-state index contributed by atoms with van der Waals surface area (Å²) in [6.07, 6.45) is 4.75. The number of carbonyl (C=O) groups excluding carboxylic acids is 2.